The summed E-state index contributed by atoms with van der Waals surface area (Å²) in [7, 11) is 1.45. The largest absolute Gasteiger partial charge is 0.474 e. The van der Waals surface area contributed by atoms with Gasteiger partial charge in [0.05, 0.1) is 31.6 Å². The lowest BCUT2D eigenvalue weighted by Crippen LogP contribution is -2.34. The third kappa shape index (κ3) is 3.68. The predicted molar refractivity (Wildman–Crippen MR) is 108 cm³/mol. The monoisotopic (exact) mass is 431 g/mol. The van der Waals surface area contributed by atoms with Gasteiger partial charge in [0.1, 0.15) is 11.8 Å². The van der Waals surface area contributed by atoms with Crippen molar-refractivity contribution in [3.8, 4) is 11.5 Å². The summed E-state index contributed by atoms with van der Waals surface area (Å²) in [4.78, 5) is 13.6. The molecule has 156 valence electrons. The van der Waals surface area contributed by atoms with E-state index in [1.165, 1.54) is 28.8 Å². The summed E-state index contributed by atoms with van der Waals surface area (Å²) in [6, 6.07) is 6.19. The molecular weight excluding hydrogens is 413 g/mol. The number of methoxy groups -OCH3 is 1. The first-order chi connectivity index (χ1) is 14.5. The molecule has 1 aliphatic rings. The number of cyclic esters (lactones) is 1. The van der Waals surface area contributed by atoms with Crippen LogP contribution in [0.3, 0.4) is 0 Å². The van der Waals surface area contributed by atoms with Crippen molar-refractivity contribution in [1.82, 2.24) is 30.1 Å². The average Bonchev–Trinajstić information content (AvgIpc) is 3.46. The van der Waals surface area contributed by atoms with Crippen LogP contribution in [0, 0.1) is 12.7 Å². The Bertz CT molecular complexity index is 1090. The van der Waals surface area contributed by atoms with Crippen LogP contribution in [0.25, 0.3) is 11.5 Å². The number of halogens is 1. The standard InChI is InChI=1S/C18H18FN7O3S/c1-11-16(25-7-3-6-21-25)22-23-26(11)15-5-4-12(8-14(15)19)24-10-13(29-18(24)27)9-20-17(30)28-2/h3-8,13H,9-10H2,1-2H3,(H,20,30). The molecule has 0 spiro atoms. The van der Waals surface area contributed by atoms with E-state index in [0.29, 0.717) is 23.7 Å². The number of nitrogens with zero attached hydrogens (tertiary/aromatic N) is 6. The van der Waals surface area contributed by atoms with Gasteiger partial charge in [0, 0.05) is 12.4 Å². The predicted octanol–water partition coefficient (Wildman–Crippen LogP) is 1.75. The second kappa shape index (κ2) is 8.06. The van der Waals surface area contributed by atoms with Crippen LogP contribution >= 0.6 is 12.2 Å². The SMILES string of the molecule is COC(=S)NCC1CN(c2ccc(-n3nnc(-n4cccn4)c3C)c(F)c2)C(=O)O1. The second-order valence-corrected chi connectivity index (χ2v) is 6.86. The third-order valence-corrected chi connectivity index (χ3v) is 4.91. The molecule has 4 rings (SSSR count). The Morgan fingerprint density at radius 3 is 3.00 bits per heavy atom. The van der Waals surface area contributed by atoms with Crippen molar-refractivity contribution in [2.45, 2.75) is 13.0 Å². The fourth-order valence-corrected chi connectivity index (χ4v) is 3.18. The lowest BCUT2D eigenvalue weighted by Gasteiger charge is -2.15. The van der Waals surface area contributed by atoms with E-state index in [-0.39, 0.29) is 17.4 Å². The van der Waals surface area contributed by atoms with E-state index in [0.717, 1.165) is 0 Å². The van der Waals surface area contributed by atoms with Crippen LogP contribution in [0.5, 0.6) is 0 Å². The number of carbonyl (C=O) groups is 1. The molecule has 3 aromatic rings. The van der Waals surface area contributed by atoms with Gasteiger partial charge in [-0.3, -0.25) is 4.90 Å². The Hall–Kier alpha value is -3.54. The van der Waals surface area contributed by atoms with Crippen LogP contribution in [0.2, 0.25) is 0 Å². The fraction of sp³-hybridized carbons (Fsp3) is 0.278. The van der Waals surface area contributed by atoms with Gasteiger partial charge in [-0.1, -0.05) is 5.21 Å². The molecule has 0 radical (unpaired) electrons. The van der Waals surface area contributed by atoms with Gasteiger partial charge in [-0.25, -0.2) is 18.5 Å². The van der Waals surface area contributed by atoms with Crippen molar-refractivity contribution >= 4 is 29.2 Å². The van der Waals surface area contributed by atoms with Gasteiger partial charge in [-0.15, -0.1) is 5.10 Å². The smallest absolute Gasteiger partial charge is 0.414 e. The van der Waals surface area contributed by atoms with Crippen LogP contribution < -0.4 is 10.2 Å². The maximum atomic E-state index is 14.9. The molecule has 1 unspecified atom stereocenters. The highest BCUT2D eigenvalue weighted by Crippen LogP contribution is 2.26. The molecule has 30 heavy (non-hydrogen) atoms. The van der Waals surface area contributed by atoms with Crippen LogP contribution in [0.15, 0.2) is 36.7 Å². The van der Waals surface area contributed by atoms with Crippen molar-refractivity contribution < 1.29 is 18.7 Å². The summed E-state index contributed by atoms with van der Waals surface area (Å²) in [6.07, 6.45) is 2.34. The lowest BCUT2D eigenvalue weighted by molar-refractivity contribution is 0.142. The second-order valence-electron chi connectivity index (χ2n) is 6.49. The third-order valence-electron chi connectivity index (χ3n) is 4.60. The number of anilines is 1. The first-order valence-electron chi connectivity index (χ1n) is 9.00. The molecule has 1 N–H and O–H groups in total. The minimum absolute atomic E-state index is 0.206. The Balaban J connectivity index is 1.53. The van der Waals surface area contributed by atoms with Crippen molar-refractivity contribution in [1.29, 1.82) is 0 Å². The number of amides is 1. The summed E-state index contributed by atoms with van der Waals surface area (Å²) in [5.41, 5.74) is 1.20. The van der Waals surface area contributed by atoms with Gasteiger partial charge in [-0.05, 0) is 43.4 Å². The maximum absolute atomic E-state index is 14.9. The molecule has 1 aliphatic heterocycles. The fourth-order valence-electron chi connectivity index (χ4n) is 3.10. The van der Waals surface area contributed by atoms with Gasteiger partial charge in [0.2, 0.25) is 0 Å². The number of hydrogen-bond donors (Lipinski definition) is 1. The molecule has 0 aliphatic carbocycles. The van der Waals surface area contributed by atoms with Crippen molar-refractivity contribution in [3.63, 3.8) is 0 Å². The molecule has 1 amide bonds. The van der Waals surface area contributed by atoms with Gasteiger partial charge < -0.3 is 14.8 Å². The van der Waals surface area contributed by atoms with Crippen LogP contribution in [-0.4, -0.2) is 62.3 Å². The van der Waals surface area contributed by atoms with E-state index >= 15 is 0 Å². The number of hydrogen-bond acceptors (Lipinski definition) is 7. The molecule has 1 fully saturated rings. The Labute approximate surface area is 176 Å². The summed E-state index contributed by atoms with van der Waals surface area (Å²) in [5, 5.41) is 15.3. The van der Waals surface area contributed by atoms with E-state index in [4.69, 9.17) is 21.7 Å². The summed E-state index contributed by atoms with van der Waals surface area (Å²) in [6.45, 7) is 2.32. The number of thiocarbonyl (C=S) groups is 1. The van der Waals surface area contributed by atoms with E-state index in [9.17, 15) is 9.18 Å². The number of carbonyl (C=O) groups excluding carboxylic acids is 1. The highest BCUT2D eigenvalue weighted by molar-refractivity contribution is 7.80. The topological polar surface area (TPSA) is 99.3 Å². The molecule has 2 aromatic heterocycles. The first kappa shape index (κ1) is 19.8. The number of rotatable bonds is 5. The summed E-state index contributed by atoms with van der Waals surface area (Å²) in [5.74, 6) is -0.0571. The molecule has 0 bridgehead atoms. The zero-order valence-corrected chi connectivity index (χ0v) is 17.0. The minimum Gasteiger partial charge on any atom is -0.474 e. The normalized spacial score (nSPS) is 15.9. The van der Waals surface area contributed by atoms with Crippen LogP contribution in [-0.2, 0) is 9.47 Å². The maximum Gasteiger partial charge on any atom is 0.414 e. The molecule has 0 saturated carbocycles. The molecule has 3 heterocycles. The highest BCUT2D eigenvalue weighted by atomic mass is 32.1. The molecule has 1 saturated heterocycles. The van der Waals surface area contributed by atoms with Crippen molar-refractivity contribution in [2.75, 3.05) is 25.1 Å². The quantitative estimate of drug-likeness (QED) is 0.610. The molecule has 10 nitrogen and oxygen atoms in total. The molecule has 1 aromatic carbocycles. The lowest BCUT2D eigenvalue weighted by atomic mass is 10.2. The first-order valence-corrected chi connectivity index (χ1v) is 9.41. The highest BCUT2D eigenvalue weighted by Gasteiger charge is 2.33. The number of aromatic nitrogens is 5. The zero-order valence-electron chi connectivity index (χ0n) is 16.1. The molecule has 1 atom stereocenters. The van der Waals surface area contributed by atoms with Crippen molar-refractivity contribution in [2.24, 2.45) is 0 Å². The van der Waals surface area contributed by atoms with Gasteiger partial charge >= 0.3 is 6.09 Å². The van der Waals surface area contributed by atoms with E-state index in [1.807, 2.05) is 0 Å². The van der Waals surface area contributed by atoms with Crippen molar-refractivity contribution in [3.05, 3.63) is 48.2 Å². The average molecular weight is 431 g/mol. The van der Waals surface area contributed by atoms with Gasteiger partial charge in [0.25, 0.3) is 5.17 Å². The van der Waals surface area contributed by atoms with Gasteiger partial charge in [-0.2, -0.15) is 5.10 Å². The number of ether oxygens (including phenoxy) is 2. The number of nitrogens with one attached hydrogen (secondary N) is 1. The minimum atomic E-state index is -0.560. The Kier molecular flexibility index (Phi) is 5.31. The summed E-state index contributed by atoms with van der Waals surface area (Å²) < 4.78 is 28.0. The van der Waals surface area contributed by atoms with Crippen LogP contribution in [0.1, 0.15) is 5.69 Å². The van der Waals surface area contributed by atoms with E-state index in [1.54, 1.807) is 36.1 Å². The Morgan fingerprint density at radius 1 is 1.47 bits per heavy atom. The number of benzene rings is 1. The van der Waals surface area contributed by atoms with Gasteiger partial charge in [0.15, 0.2) is 11.6 Å². The molecular formula is C18H18FN7O3S. The molecule has 12 heteroatoms. The van der Waals surface area contributed by atoms with E-state index in [2.05, 4.69) is 20.7 Å². The van der Waals surface area contributed by atoms with E-state index < -0.39 is 18.0 Å². The Morgan fingerprint density at radius 2 is 2.30 bits per heavy atom. The zero-order chi connectivity index (χ0) is 21.3. The summed E-state index contributed by atoms with van der Waals surface area (Å²) >= 11 is 4.90. The van der Waals surface area contributed by atoms with Crippen LogP contribution in [0.4, 0.5) is 14.9 Å².